The van der Waals surface area contributed by atoms with Gasteiger partial charge in [-0.25, -0.2) is 17.7 Å². The van der Waals surface area contributed by atoms with E-state index in [1.54, 1.807) is 6.08 Å². The van der Waals surface area contributed by atoms with E-state index in [2.05, 4.69) is 10.0 Å². The van der Waals surface area contributed by atoms with Crippen LogP contribution < -0.4 is 14.3 Å². The number of alkyl halides is 1. The summed E-state index contributed by atoms with van der Waals surface area (Å²) in [6.07, 6.45) is 1.60. The van der Waals surface area contributed by atoms with Crippen LogP contribution in [0, 0.1) is 11.7 Å². The molecule has 1 aliphatic rings. The van der Waals surface area contributed by atoms with Crippen molar-refractivity contribution >= 4 is 28.7 Å². The Labute approximate surface area is 160 Å². The van der Waals surface area contributed by atoms with Gasteiger partial charge in [0.25, 0.3) is 0 Å². The lowest BCUT2D eigenvalue weighted by Gasteiger charge is -2.31. The van der Waals surface area contributed by atoms with Crippen LogP contribution in [0.15, 0.2) is 18.2 Å². The largest absolute Gasteiger partial charge is 0.506 e. The fourth-order valence-electron chi connectivity index (χ4n) is 3.15. The fourth-order valence-corrected chi connectivity index (χ4v) is 3.90. The summed E-state index contributed by atoms with van der Waals surface area (Å²) in [7, 11) is 1.39. The van der Waals surface area contributed by atoms with Gasteiger partial charge in [-0.05, 0) is 37.1 Å². The van der Waals surface area contributed by atoms with E-state index in [9.17, 15) is 18.5 Å². The van der Waals surface area contributed by atoms with Crippen LogP contribution in [0.3, 0.4) is 0 Å². The second-order valence-corrected chi connectivity index (χ2v) is 8.03. The average molecular weight is 401 g/mol. The molecule has 0 saturated carbocycles. The quantitative estimate of drug-likeness (QED) is 0.462. The molecule has 0 fully saturated rings. The van der Waals surface area contributed by atoms with Crippen LogP contribution in [-0.4, -0.2) is 41.5 Å². The van der Waals surface area contributed by atoms with Gasteiger partial charge in [-0.1, -0.05) is 19.9 Å². The summed E-state index contributed by atoms with van der Waals surface area (Å²) in [4.78, 5) is 11.0. The van der Waals surface area contributed by atoms with Crippen LogP contribution in [0.25, 0.3) is 5.57 Å². The van der Waals surface area contributed by atoms with E-state index in [1.165, 1.54) is 19.2 Å². The summed E-state index contributed by atoms with van der Waals surface area (Å²) in [5.74, 6) is -0.992. The number of halogens is 2. The number of benzene rings is 1. The molecule has 150 valence electrons. The summed E-state index contributed by atoms with van der Waals surface area (Å²) in [5.41, 5.74) is 0.424. The summed E-state index contributed by atoms with van der Waals surface area (Å²) < 4.78 is 44.7. The van der Waals surface area contributed by atoms with Crippen LogP contribution >= 0.6 is 0 Å². The number of carbonyl (C=O) groups excluding carboxylic acids is 1. The number of hydrogen-bond donors (Lipinski definition) is 3. The van der Waals surface area contributed by atoms with Crippen LogP contribution in [-0.2, 0) is 16.0 Å². The van der Waals surface area contributed by atoms with E-state index < -0.39 is 35.1 Å². The van der Waals surface area contributed by atoms with E-state index in [4.69, 9.17) is 0 Å². The van der Waals surface area contributed by atoms with Gasteiger partial charge in [0.2, 0.25) is 0 Å². The molecule has 0 saturated heterocycles. The molecule has 9 heteroatoms. The number of rotatable bonds is 8. The molecule has 3 N–H and O–H groups in total. The van der Waals surface area contributed by atoms with Crippen LogP contribution in [0.2, 0.25) is 0 Å². The molecule has 0 radical (unpaired) electrons. The molecule has 0 aromatic heterocycles. The molecule has 6 nitrogen and oxygen atoms in total. The Morgan fingerprint density at radius 1 is 1.48 bits per heavy atom. The third-order valence-corrected chi connectivity index (χ3v) is 5.36. The molecular weight excluding hydrogens is 376 g/mol. The minimum Gasteiger partial charge on any atom is -0.506 e. The number of carbonyl (C=O) groups is 1. The molecule has 3 unspecified atom stereocenters. The third kappa shape index (κ3) is 4.91. The van der Waals surface area contributed by atoms with E-state index >= 15 is 4.39 Å². The summed E-state index contributed by atoms with van der Waals surface area (Å²) in [6.45, 7) is 3.60. The van der Waals surface area contributed by atoms with E-state index in [-0.39, 0.29) is 30.1 Å². The van der Waals surface area contributed by atoms with Gasteiger partial charge in [-0.3, -0.25) is 9.62 Å². The molecule has 1 aliphatic heterocycles. The topological polar surface area (TPSA) is 81.7 Å². The first-order valence-corrected chi connectivity index (χ1v) is 9.83. The standard InChI is InChI=1S/C18H25F2N3O3S/c1-11(2)10-14-12(5-7-16(19)22-14)13-4-6-15(25)18(17(13)20)23(8-9-24)27(26)21-3/h4-6,9,11,14,16,21-22,25H,7-8,10H2,1-3H3. The Bertz CT molecular complexity index is 743. The second kappa shape index (κ2) is 9.38. The van der Waals surface area contributed by atoms with Crippen molar-refractivity contribution < 1.29 is 22.9 Å². The van der Waals surface area contributed by atoms with Crippen LogP contribution in [0.5, 0.6) is 5.75 Å². The molecule has 0 amide bonds. The maximum Gasteiger partial charge on any atom is 0.196 e. The minimum atomic E-state index is -1.92. The van der Waals surface area contributed by atoms with E-state index in [1.807, 2.05) is 13.8 Å². The van der Waals surface area contributed by atoms with Crippen molar-refractivity contribution in [3.8, 4) is 5.75 Å². The van der Waals surface area contributed by atoms with Gasteiger partial charge in [0, 0.05) is 18.0 Å². The van der Waals surface area contributed by atoms with Gasteiger partial charge in [0.1, 0.15) is 17.7 Å². The predicted octanol–water partition coefficient (Wildman–Crippen LogP) is 2.42. The summed E-state index contributed by atoms with van der Waals surface area (Å²) in [6, 6.07) is 2.30. The van der Waals surface area contributed by atoms with E-state index in [0.717, 1.165) is 4.31 Å². The van der Waals surface area contributed by atoms with Gasteiger partial charge < -0.3 is 9.90 Å². The molecular formula is C18H25F2N3O3S. The van der Waals surface area contributed by atoms with Crippen LogP contribution in [0.4, 0.5) is 14.5 Å². The first-order valence-electron chi connectivity index (χ1n) is 8.72. The Hall–Kier alpha value is -1.84. The highest BCUT2D eigenvalue weighted by Crippen LogP contribution is 2.38. The van der Waals surface area contributed by atoms with Crippen molar-refractivity contribution in [3.05, 3.63) is 29.6 Å². The molecule has 1 heterocycles. The monoisotopic (exact) mass is 401 g/mol. The normalized spacial score (nSPS) is 21.0. The maximum absolute atomic E-state index is 15.4. The molecule has 1 aromatic carbocycles. The number of nitrogens with one attached hydrogen (secondary N) is 2. The minimum absolute atomic E-state index is 0.0973. The number of phenols is 1. The highest BCUT2D eigenvalue weighted by Gasteiger charge is 2.30. The number of aromatic hydroxyl groups is 1. The first kappa shape index (κ1) is 21.5. The Balaban J connectivity index is 2.55. The molecule has 0 bridgehead atoms. The third-order valence-electron chi connectivity index (χ3n) is 4.28. The number of aldehydes is 1. The van der Waals surface area contributed by atoms with E-state index in [0.29, 0.717) is 18.3 Å². The lowest BCUT2D eigenvalue weighted by molar-refractivity contribution is -0.106. The average Bonchev–Trinajstić information content (AvgIpc) is 2.61. The molecule has 0 aliphatic carbocycles. The van der Waals surface area contributed by atoms with Crippen molar-refractivity contribution in [2.75, 3.05) is 17.9 Å². The smallest absolute Gasteiger partial charge is 0.196 e. The number of anilines is 1. The Kier molecular flexibility index (Phi) is 7.46. The van der Waals surface area contributed by atoms with Gasteiger partial charge in [-0.2, -0.15) is 0 Å². The highest BCUT2D eigenvalue weighted by molar-refractivity contribution is 7.84. The van der Waals surface area contributed by atoms with Gasteiger partial charge in [0.15, 0.2) is 23.3 Å². The molecule has 1 aromatic rings. The fraction of sp³-hybridized carbons (Fsp3) is 0.500. The van der Waals surface area contributed by atoms with Gasteiger partial charge >= 0.3 is 0 Å². The maximum atomic E-state index is 15.4. The lowest BCUT2D eigenvalue weighted by atomic mass is 9.88. The molecule has 0 spiro atoms. The summed E-state index contributed by atoms with van der Waals surface area (Å²) >= 11 is -1.92. The number of hydrogen-bond acceptors (Lipinski definition) is 4. The van der Waals surface area contributed by atoms with Crippen molar-refractivity contribution in [1.29, 1.82) is 0 Å². The molecule has 3 atom stereocenters. The number of phenolic OH excluding ortho intramolecular Hbond substituents is 1. The number of nitrogens with zero attached hydrogens (tertiary/aromatic N) is 1. The first-order chi connectivity index (χ1) is 12.8. The van der Waals surface area contributed by atoms with Gasteiger partial charge in [-0.15, -0.1) is 0 Å². The van der Waals surface area contributed by atoms with Crippen LogP contribution in [0.1, 0.15) is 32.3 Å². The zero-order valence-electron chi connectivity index (χ0n) is 15.5. The summed E-state index contributed by atoms with van der Waals surface area (Å²) in [5, 5.41) is 13.0. The highest BCUT2D eigenvalue weighted by atomic mass is 32.2. The zero-order chi connectivity index (χ0) is 20.1. The second-order valence-electron chi connectivity index (χ2n) is 6.69. The van der Waals surface area contributed by atoms with Crippen molar-refractivity contribution in [2.24, 2.45) is 5.92 Å². The Morgan fingerprint density at radius 2 is 2.19 bits per heavy atom. The Morgan fingerprint density at radius 3 is 2.78 bits per heavy atom. The van der Waals surface area contributed by atoms with Gasteiger partial charge in [0.05, 0.1) is 6.54 Å². The molecule has 27 heavy (non-hydrogen) atoms. The lowest BCUT2D eigenvalue weighted by Crippen LogP contribution is -2.40. The van der Waals surface area contributed by atoms with Crippen molar-refractivity contribution in [3.63, 3.8) is 0 Å². The van der Waals surface area contributed by atoms with Crippen molar-refractivity contribution in [1.82, 2.24) is 10.0 Å². The molecule has 2 rings (SSSR count). The SMILES string of the molecule is CNS(=O)N(CC=O)c1c(O)ccc(C2=CCC(F)NC2CC(C)C)c1F. The predicted molar refractivity (Wildman–Crippen MR) is 103 cm³/mol. The van der Waals surface area contributed by atoms with Crippen molar-refractivity contribution in [2.45, 2.75) is 39.0 Å². The zero-order valence-corrected chi connectivity index (χ0v) is 16.4.